The number of hydrogen-bond acceptors (Lipinski definition) is 7. The lowest BCUT2D eigenvalue weighted by atomic mass is 10.1. The average molecular weight is 354 g/mol. The van der Waals surface area contributed by atoms with E-state index >= 15 is 0 Å². The molecule has 0 aliphatic rings. The second-order valence-corrected chi connectivity index (χ2v) is 7.51. The van der Waals surface area contributed by atoms with Crippen LogP contribution in [0, 0.1) is 0 Å². The van der Waals surface area contributed by atoms with Crippen LogP contribution in [0.2, 0.25) is 0 Å². The molecule has 0 fully saturated rings. The van der Waals surface area contributed by atoms with Gasteiger partial charge in [-0.3, -0.25) is 0 Å². The van der Waals surface area contributed by atoms with Crippen LogP contribution in [-0.2, 0) is 9.47 Å². The third kappa shape index (κ3) is 7.89. The number of ether oxygens (including phenoxy) is 4. The van der Waals surface area contributed by atoms with Crippen LogP contribution in [0.5, 0.6) is 11.5 Å². The molecule has 0 saturated carbocycles. The molecule has 0 radical (unpaired) electrons. The molecule has 7 heteroatoms. The molecule has 7 nitrogen and oxygen atoms in total. The fourth-order valence-electron chi connectivity index (χ4n) is 1.74. The highest BCUT2D eigenvalue weighted by Crippen LogP contribution is 2.30. The minimum absolute atomic E-state index is 0.0327. The van der Waals surface area contributed by atoms with Crippen molar-refractivity contribution in [3.8, 4) is 11.5 Å². The molecule has 0 aromatic heterocycles. The summed E-state index contributed by atoms with van der Waals surface area (Å²) in [6.07, 6.45) is -2.71. The van der Waals surface area contributed by atoms with Gasteiger partial charge in [0.15, 0.2) is 0 Å². The number of benzene rings is 1. The minimum Gasteiger partial charge on any atom is -0.428 e. The molecule has 140 valence electrons. The summed E-state index contributed by atoms with van der Waals surface area (Å²) < 4.78 is 20.4. The molecular weight excluding hydrogens is 328 g/mol. The van der Waals surface area contributed by atoms with Gasteiger partial charge in [-0.05, 0) is 60.6 Å². The molecule has 0 amide bonds. The molecule has 0 aliphatic carbocycles. The Labute approximate surface area is 147 Å². The van der Waals surface area contributed by atoms with E-state index in [1.165, 1.54) is 25.1 Å². The van der Waals surface area contributed by atoms with Crippen LogP contribution in [0.25, 0.3) is 0 Å². The number of aliphatic hydroxyl groups excluding tert-OH is 1. The number of rotatable bonds is 3. The van der Waals surface area contributed by atoms with Crippen molar-refractivity contribution in [1.82, 2.24) is 0 Å². The van der Waals surface area contributed by atoms with E-state index in [2.05, 4.69) is 0 Å². The van der Waals surface area contributed by atoms with Gasteiger partial charge in [-0.25, -0.2) is 9.59 Å². The van der Waals surface area contributed by atoms with E-state index < -0.39 is 29.6 Å². The van der Waals surface area contributed by atoms with E-state index in [1.807, 2.05) is 0 Å². The summed E-state index contributed by atoms with van der Waals surface area (Å²) in [5.41, 5.74) is -1.08. The Bertz CT molecular complexity index is 621. The molecular formula is C18H26O7. The maximum atomic E-state index is 11.9. The minimum atomic E-state index is -0.927. The average Bonchev–Trinajstić information content (AvgIpc) is 2.33. The Morgan fingerprint density at radius 1 is 0.920 bits per heavy atom. The van der Waals surface area contributed by atoms with Crippen LogP contribution < -0.4 is 9.47 Å². The zero-order valence-electron chi connectivity index (χ0n) is 15.7. The first-order valence-electron chi connectivity index (χ1n) is 7.90. The molecule has 25 heavy (non-hydrogen) atoms. The van der Waals surface area contributed by atoms with Gasteiger partial charge >= 0.3 is 12.3 Å². The monoisotopic (exact) mass is 354 g/mol. The van der Waals surface area contributed by atoms with Crippen LogP contribution in [0.4, 0.5) is 9.59 Å². The first kappa shape index (κ1) is 20.8. The maximum Gasteiger partial charge on any atom is 0.514 e. The smallest absolute Gasteiger partial charge is 0.428 e. The summed E-state index contributed by atoms with van der Waals surface area (Å²) in [4.78, 5) is 23.6. The topological polar surface area (TPSA) is 91.3 Å². The zero-order valence-corrected chi connectivity index (χ0v) is 15.7. The lowest BCUT2D eigenvalue weighted by Crippen LogP contribution is -2.26. The number of aliphatic hydroxyl groups is 1. The van der Waals surface area contributed by atoms with Gasteiger partial charge in [0.1, 0.15) is 22.7 Å². The largest absolute Gasteiger partial charge is 0.514 e. The first-order chi connectivity index (χ1) is 11.3. The van der Waals surface area contributed by atoms with Crippen molar-refractivity contribution in [2.75, 3.05) is 0 Å². The van der Waals surface area contributed by atoms with Crippen LogP contribution >= 0.6 is 0 Å². The van der Waals surface area contributed by atoms with Crippen LogP contribution in [0.3, 0.4) is 0 Å². The van der Waals surface area contributed by atoms with Crippen molar-refractivity contribution in [3.05, 3.63) is 23.8 Å². The zero-order chi connectivity index (χ0) is 19.4. The van der Waals surface area contributed by atoms with E-state index in [0.29, 0.717) is 5.56 Å². The molecule has 1 atom stereocenters. The molecule has 0 saturated heterocycles. The highest BCUT2D eigenvalue weighted by molar-refractivity contribution is 5.67. The van der Waals surface area contributed by atoms with E-state index in [-0.39, 0.29) is 11.5 Å². The van der Waals surface area contributed by atoms with Gasteiger partial charge in [0.05, 0.1) is 6.10 Å². The molecule has 0 aliphatic heterocycles. The Morgan fingerprint density at radius 3 is 1.84 bits per heavy atom. The van der Waals surface area contributed by atoms with Gasteiger partial charge in [-0.1, -0.05) is 0 Å². The number of hydrogen-bond donors (Lipinski definition) is 1. The molecule has 0 spiro atoms. The highest BCUT2D eigenvalue weighted by Gasteiger charge is 2.22. The lowest BCUT2D eigenvalue weighted by Gasteiger charge is -2.20. The Balaban J connectivity index is 2.98. The first-order valence-corrected chi connectivity index (χ1v) is 7.90. The molecule has 1 aromatic rings. The predicted molar refractivity (Wildman–Crippen MR) is 90.8 cm³/mol. The van der Waals surface area contributed by atoms with E-state index in [4.69, 9.17) is 18.9 Å². The third-order valence-electron chi connectivity index (χ3n) is 2.61. The Kier molecular flexibility index (Phi) is 6.42. The van der Waals surface area contributed by atoms with Gasteiger partial charge in [-0.2, -0.15) is 0 Å². The molecule has 1 unspecified atom stereocenters. The van der Waals surface area contributed by atoms with Crippen molar-refractivity contribution >= 4 is 12.3 Å². The quantitative estimate of drug-likeness (QED) is 0.636. The van der Waals surface area contributed by atoms with E-state index in [1.54, 1.807) is 41.5 Å². The summed E-state index contributed by atoms with van der Waals surface area (Å²) >= 11 is 0. The van der Waals surface area contributed by atoms with Crippen LogP contribution in [0.15, 0.2) is 18.2 Å². The van der Waals surface area contributed by atoms with E-state index in [9.17, 15) is 14.7 Å². The Morgan fingerprint density at radius 2 is 1.40 bits per heavy atom. The van der Waals surface area contributed by atoms with Crippen LogP contribution in [-0.4, -0.2) is 28.6 Å². The number of carbonyl (C=O) groups is 2. The highest BCUT2D eigenvalue weighted by atomic mass is 16.7. The molecule has 1 N–H and O–H groups in total. The van der Waals surface area contributed by atoms with Crippen LogP contribution in [0.1, 0.15) is 60.1 Å². The van der Waals surface area contributed by atoms with Crippen molar-refractivity contribution in [3.63, 3.8) is 0 Å². The van der Waals surface area contributed by atoms with Crippen molar-refractivity contribution < 1.29 is 33.6 Å². The van der Waals surface area contributed by atoms with Gasteiger partial charge in [0.2, 0.25) is 0 Å². The summed E-state index contributed by atoms with van der Waals surface area (Å²) in [6, 6.07) is 4.27. The second kappa shape index (κ2) is 7.74. The standard InChI is InChI=1S/C18H26O7/c1-11(19)13-9-8-12(22-15(20)24-17(2,3)4)10-14(13)23-16(21)25-18(5,6)7/h8-11,19H,1-7H3. The SMILES string of the molecule is CC(O)c1ccc(OC(=O)OC(C)(C)C)cc1OC(=O)OC(C)(C)C. The summed E-state index contributed by atoms with van der Waals surface area (Å²) in [7, 11) is 0. The van der Waals surface area contributed by atoms with Gasteiger partial charge < -0.3 is 24.1 Å². The molecule has 0 bridgehead atoms. The Hall–Kier alpha value is -2.28. The van der Waals surface area contributed by atoms with Gasteiger partial charge in [0, 0.05) is 11.6 Å². The summed E-state index contributed by atoms with van der Waals surface area (Å²) in [5, 5.41) is 9.81. The lowest BCUT2D eigenvalue weighted by molar-refractivity contribution is 0.0199. The van der Waals surface area contributed by atoms with Crippen molar-refractivity contribution in [2.24, 2.45) is 0 Å². The normalized spacial score (nSPS) is 13.0. The van der Waals surface area contributed by atoms with Crippen molar-refractivity contribution in [2.45, 2.75) is 65.8 Å². The fourth-order valence-corrected chi connectivity index (χ4v) is 1.74. The van der Waals surface area contributed by atoms with Gasteiger partial charge in [-0.15, -0.1) is 0 Å². The summed E-state index contributed by atoms with van der Waals surface area (Å²) in [6.45, 7) is 11.8. The predicted octanol–water partition coefficient (Wildman–Crippen LogP) is 4.37. The van der Waals surface area contributed by atoms with E-state index in [0.717, 1.165) is 0 Å². The van der Waals surface area contributed by atoms with Crippen molar-refractivity contribution in [1.29, 1.82) is 0 Å². The third-order valence-corrected chi connectivity index (χ3v) is 2.61. The number of carbonyl (C=O) groups excluding carboxylic acids is 2. The maximum absolute atomic E-state index is 11.9. The molecule has 1 rings (SSSR count). The molecule has 0 heterocycles. The summed E-state index contributed by atoms with van der Waals surface area (Å²) in [5.74, 6) is 0.141. The molecule has 1 aromatic carbocycles. The second-order valence-electron chi connectivity index (χ2n) is 7.51. The van der Waals surface area contributed by atoms with Gasteiger partial charge in [0.25, 0.3) is 0 Å². The fraction of sp³-hybridized carbons (Fsp3) is 0.556.